The van der Waals surface area contributed by atoms with Crippen LogP contribution in [-0.4, -0.2) is 17.5 Å². The molecule has 0 heterocycles. The van der Waals surface area contributed by atoms with Crippen molar-refractivity contribution in [3.63, 3.8) is 0 Å². The molecule has 22 heavy (non-hydrogen) atoms. The van der Waals surface area contributed by atoms with Crippen LogP contribution in [0.4, 0.5) is 0 Å². The lowest BCUT2D eigenvalue weighted by Gasteiger charge is -2.02. The number of rotatable bonds is 6. The van der Waals surface area contributed by atoms with Crippen molar-refractivity contribution in [3.05, 3.63) is 63.8 Å². The van der Waals surface area contributed by atoms with Crippen molar-refractivity contribution in [1.82, 2.24) is 0 Å². The molecule has 0 unspecified atom stereocenters. The Labute approximate surface area is 128 Å². The number of nitro groups is 1. The van der Waals surface area contributed by atoms with E-state index >= 15 is 0 Å². The second-order valence-electron chi connectivity index (χ2n) is 4.94. The number of esters is 1. The second-order valence-corrected chi connectivity index (χ2v) is 4.94. The van der Waals surface area contributed by atoms with Gasteiger partial charge in [0, 0.05) is 19.4 Å². The standard InChI is InChI=1S/C17H17NO4/c1-13(19)22-10-4-7-17(18(20)21)12-14-8-9-15-5-2-3-6-16(15)11-14/h2-3,5-6,8-9,11-12H,4,7,10H2,1H3. The van der Waals surface area contributed by atoms with Gasteiger partial charge in [0.2, 0.25) is 5.70 Å². The van der Waals surface area contributed by atoms with Gasteiger partial charge < -0.3 is 4.74 Å². The van der Waals surface area contributed by atoms with Gasteiger partial charge in [0.1, 0.15) is 0 Å². The van der Waals surface area contributed by atoms with Crippen LogP contribution in [0.2, 0.25) is 0 Å². The first kappa shape index (κ1) is 15.7. The predicted octanol–water partition coefficient (Wildman–Crippen LogP) is 3.80. The molecule has 0 saturated carbocycles. The maximum Gasteiger partial charge on any atom is 0.302 e. The molecule has 0 atom stereocenters. The van der Waals surface area contributed by atoms with E-state index in [1.54, 1.807) is 6.08 Å². The monoisotopic (exact) mass is 299 g/mol. The van der Waals surface area contributed by atoms with Crippen molar-refractivity contribution in [3.8, 4) is 0 Å². The summed E-state index contributed by atoms with van der Waals surface area (Å²) >= 11 is 0. The topological polar surface area (TPSA) is 69.4 Å². The van der Waals surface area contributed by atoms with Crippen LogP contribution >= 0.6 is 0 Å². The molecule has 0 radical (unpaired) electrons. The molecule has 2 rings (SSSR count). The van der Waals surface area contributed by atoms with E-state index in [0.29, 0.717) is 6.42 Å². The molecule has 0 saturated heterocycles. The molecule has 114 valence electrons. The van der Waals surface area contributed by atoms with Crippen molar-refractivity contribution in [2.24, 2.45) is 0 Å². The van der Waals surface area contributed by atoms with Crippen molar-refractivity contribution in [2.75, 3.05) is 6.61 Å². The van der Waals surface area contributed by atoms with Crippen LogP contribution in [0, 0.1) is 10.1 Å². The molecular formula is C17H17NO4. The average molecular weight is 299 g/mol. The van der Waals surface area contributed by atoms with E-state index in [2.05, 4.69) is 0 Å². The van der Waals surface area contributed by atoms with Crippen LogP contribution in [0.15, 0.2) is 48.2 Å². The minimum absolute atomic E-state index is 0.113. The highest BCUT2D eigenvalue weighted by Gasteiger charge is 2.11. The first-order chi connectivity index (χ1) is 10.6. The van der Waals surface area contributed by atoms with Gasteiger partial charge in [0.05, 0.1) is 11.5 Å². The summed E-state index contributed by atoms with van der Waals surface area (Å²) in [5.74, 6) is -0.374. The third kappa shape index (κ3) is 4.41. The van der Waals surface area contributed by atoms with Gasteiger partial charge in [-0.3, -0.25) is 14.9 Å². The van der Waals surface area contributed by atoms with E-state index < -0.39 is 0 Å². The number of fused-ring (bicyclic) bond motifs is 1. The molecular weight excluding hydrogens is 282 g/mol. The summed E-state index contributed by atoms with van der Waals surface area (Å²) in [6.07, 6.45) is 2.26. The van der Waals surface area contributed by atoms with Gasteiger partial charge >= 0.3 is 5.97 Å². The molecule has 0 amide bonds. The molecule has 2 aromatic carbocycles. The highest BCUT2D eigenvalue weighted by Crippen LogP contribution is 2.19. The van der Waals surface area contributed by atoms with Gasteiger partial charge in [0.15, 0.2) is 0 Å². The summed E-state index contributed by atoms with van der Waals surface area (Å²) in [5.41, 5.74) is 0.903. The van der Waals surface area contributed by atoms with E-state index in [9.17, 15) is 14.9 Å². The first-order valence-corrected chi connectivity index (χ1v) is 7.03. The van der Waals surface area contributed by atoms with Crippen LogP contribution in [0.1, 0.15) is 25.3 Å². The molecule has 0 bridgehead atoms. The van der Waals surface area contributed by atoms with Gasteiger partial charge in [-0.05, 0) is 28.8 Å². The molecule has 0 spiro atoms. The lowest BCUT2D eigenvalue weighted by Crippen LogP contribution is -2.04. The Hall–Kier alpha value is -2.69. The minimum atomic E-state index is -0.386. The van der Waals surface area contributed by atoms with Crippen LogP contribution in [0.3, 0.4) is 0 Å². The van der Waals surface area contributed by atoms with Crippen LogP contribution in [-0.2, 0) is 9.53 Å². The average Bonchev–Trinajstić information content (AvgIpc) is 2.49. The number of hydrogen-bond donors (Lipinski definition) is 0. The Kier molecular flexibility index (Phi) is 5.25. The molecule has 5 nitrogen and oxygen atoms in total. The summed E-state index contributed by atoms with van der Waals surface area (Å²) in [4.78, 5) is 21.4. The number of nitrogens with zero attached hydrogens (tertiary/aromatic N) is 1. The number of carbonyl (C=O) groups is 1. The smallest absolute Gasteiger partial charge is 0.302 e. The number of hydrogen-bond acceptors (Lipinski definition) is 4. The van der Waals surface area contributed by atoms with Gasteiger partial charge in [0.25, 0.3) is 0 Å². The summed E-state index contributed by atoms with van der Waals surface area (Å²) in [7, 11) is 0. The van der Waals surface area contributed by atoms with Crippen LogP contribution < -0.4 is 0 Å². The maximum absolute atomic E-state index is 11.1. The highest BCUT2D eigenvalue weighted by atomic mass is 16.6. The first-order valence-electron chi connectivity index (χ1n) is 7.03. The fourth-order valence-electron chi connectivity index (χ4n) is 2.18. The minimum Gasteiger partial charge on any atom is -0.466 e. The summed E-state index contributed by atoms with van der Waals surface area (Å²) in [6.45, 7) is 1.51. The quantitative estimate of drug-likeness (QED) is 0.352. The molecule has 0 aliphatic rings. The van der Waals surface area contributed by atoms with Gasteiger partial charge in [-0.1, -0.05) is 36.4 Å². The Balaban J connectivity index is 2.13. The molecule has 0 aromatic heterocycles. The lowest BCUT2D eigenvalue weighted by molar-refractivity contribution is -0.426. The maximum atomic E-state index is 11.1. The summed E-state index contributed by atoms with van der Waals surface area (Å²) in [6, 6.07) is 13.6. The third-order valence-electron chi connectivity index (χ3n) is 3.22. The third-order valence-corrected chi connectivity index (χ3v) is 3.22. The summed E-state index contributed by atoms with van der Waals surface area (Å²) < 4.78 is 4.79. The van der Waals surface area contributed by atoms with Crippen LogP contribution in [0.5, 0.6) is 0 Å². The molecule has 0 fully saturated rings. The molecule has 0 aliphatic heterocycles. The second kappa shape index (κ2) is 7.36. The predicted molar refractivity (Wildman–Crippen MR) is 84.8 cm³/mol. The van der Waals surface area contributed by atoms with E-state index in [4.69, 9.17) is 4.74 Å². The van der Waals surface area contributed by atoms with Crippen LogP contribution in [0.25, 0.3) is 16.8 Å². The number of ether oxygens (including phenoxy) is 1. The molecule has 2 aromatic rings. The van der Waals surface area contributed by atoms with Crippen molar-refractivity contribution < 1.29 is 14.5 Å². The van der Waals surface area contributed by atoms with Gasteiger partial charge in [-0.2, -0.15) is 0 Å². The zero-order valence-corrected chi connectivity index (χ0v) is 12.3. The van der Waals surface area contributed by atoms with Crippen molar-refractivity contribution in [1.29, 1.82) is 0 Å². The largest absolute Gasteiger partial charge is 0.466 e. The fourth-order valence-corrected chi connectivity index (χ4v) is 2.18. The zero-order chi connectivity index (χ0) is 15.9. The molecule has 5 heteroatoms. The SMILES string of the molecule is CC(=O)OCCCC(=Cc1ccc2ccccc2c1)[N+](=O)[O-]. The Morgan fingerprint density at radius 2 is 1.95 bits per heavy atom. The van der Waals surface area contributed by atoms with E-state index in [-0.39, 0.29) is 29.6 Å². The number of allylic oxidation sites excluding steroid dienone is 1. The fraction of sp³-hybridized carbons (Fsp3) is 0.235. The highest BCUT2D eigenvalue weighted by molar-refractivity contribution is 5.84. The normalized spacial score (nSPS) is 11.4. The van der Waals surface area contributed by atoms with Gasteiger partial charge in [-0.25, -0.2) is 0 Å². The van der Waals surface area contributed by atoms with Crippen molar-refractivity contribution in [2.45, 2.75) is 19.8 Å². The lowest BCUT2D eigenvalue weighted by atomic mass is 10.1. The number of benzene rings is 2. The van der Waals surface area contributed by atoms with E-state index in [1.165, 1.54) is 6.92 Å². The van der Waals surface area contributed by atoms with Gasteiger partial charge in [-0.15, -0.1) is 0 Å². The van der Waals surface area contributed by atoms with E-state index in [0.717, 1.165) is 16.3 Å². The molecule has 0 N–H and O–H groups in total. The summed E-state index contributed by atoms with van der Waals surface area (Å²) in [5, 5.41) is 13.3. The number of carbonyl (C=O) groups excluding carboxylic acids is 1. The van der Waals surface area contributed by atoms with E-state index in [1.807, 2.05) is 42.5 Å². The van der Waals surface area contributed by atoms with Crippen molar-refractivity contribution >= 4 is 22.8 Å². The molecule has 0 aliphatic carbocycles. The Bertz CT molecular complexity index is 721. The Morgan fingerprint density at radius 3 is 2.64 bits per heavy atom. The zero-order valence-electron chi connectivity index (χ0n) is 12.3. The Morgan fingerprint density at radius 1 is 1.23 bits per heavy atom.